The zero-order valence-corrected chi connectivity index (χ0v) is 19.3. The fourth-order valence-corrected chi connectivity index (χ4v) is 6.72. The summed E-state index contributed by atoms with van der Waals surface area (Å²) >= 11 is 3.58. The molecular formula is C26H43Br. The van der Waals surface area contributed by atoms with E-state index in [1.54, 1.807) is 0 Å². The van der Waals surface area contributed by atoms with Crippen LogP contribution in [-0.2, 0) is 0 Å². The molecule has 0 N–H and O–H groups in total. The van der Waals surface area contributed by atoms with Crippen LogP contribution in [0.1, 0.15) is 96.8 Å². The summed E-state index contributed by atoms with van der Waals surface area (Å²) in [5.74, 6) is 5.74. The average molecular weight is 436 g/mol. The molecule has 4 bridgehead atoms. The second-order valence-electron chi connectivity index (χ2n) is 9.83. The van der Waals surface area contributed by atoms with Crippen molar-refractivity contribution in [1.29, 1.82) is 0 Å². The minimum atomic E-state index is 0.907. The zero-order chi connectivity index (χ0) is 18.9. The molecule has 154 valence electrons. The predicted octanol–water partition coefficient (Wildman–Crippen LogP) is 8.71. The highest BCUT2D eigenvalue weighted by Gasteiger charge is 2.31. The second kappa shape index (κ2) is 11.8. The van der Waals surface area contributed by atoms with Crippen LogP contribution < -0.4 is 0 Å². The van der Waals surface area contributed by atoms with Gasteiger partial charge in [-0.1, -0.05) is 92.1 Å². The maximum Gasteiger partial charge on any atom is 0.00655 e. The molecule has 1 heteroatoms. The van der Waals surface area contributed by atoms with Gasteiger partial charge < -0.3 is 0 Å². The SMILES string of the molecule is BrCC1CC2C=CC1CC2.CCCCCCCCCC1CC2C=CC1CC2. The van der Waals surface area contributed by atoms with Crippen LogP contribution in [0, 0.1) is 35.5 Å². The lowest BCUT2D eigenvalue weighted by atomic mass is 9.67. The van der Waals surface area contributed by atoms with Gasteiger partial charge in [0.1, 0.15) is 0 Å². The fourth-order valence-electron chi connectivity index (χ4n) is 5.98. The van der Waals surface area contributed by atoms with Crippen molar-refractivity contribution in [2.24, 2.45) is 35.5 Å². The molecule has 6 rings (SSSR count). The fraction of sp³-hybridized carbons (Fsp3) is 0.846. The van der Waals surface area contributed by atoms with Crippen molar-refractivity contribution in [2.45, 2.75) is 96.8 Å². The van der Waals surface area contributed by atoms with Crippen LogP contribution in [0.15, 0.2) is 24.3 Å². The maximum absolute atomic E-state index is 3.58. The monoisotopic (exact) mass is 434 g/mol. The quantitative estimate of drug-likeness (QED) is 0.193. The summed E-state index contributed by atoms with van der Waals surface area (Å²) in [5, 5.41) is 1.21. The van der Waals surface area contributed by atoms with Crippen molar-refractivity contribution < 1.29 is 0 Å². The number of halogens is 1. The highest BCUT2D eigenvalue weighted by atomic mass is 79.9. The van der Waals surface area contributed by atoms with E-state index >= 15 is 0 Å². The summed E-state index contributed by atoms with van der Waals surface area (Å²) < 4.78 is 0. The van der Waals surface area contributed by atoms with Crippen LogP contribution >= 0.6 is 15.9 Å². The topological polar surface area (TPSA) is 0 Å². The van der Waals surface area contributed by atoms with Crippen LogP contribution in [0.2, 0.25) is 0 Å². The Kier molecular flexibility index (Phi) is 9.50. The maximum atomic E-state index is 3.58. The summed E-state index contributed by atoms with van der Waals surface area (Å²) in [6.45, 7) is 2.30. The van der Waals surface area contributed by atoms with Crippen molar-refractivity contribution in [3.05, 3.63) is 24.3 Å². The molecule has 6 aliphatic carbocycles. The lowest BCUT2D eigenvalue weighted by Crippen LogP contribution is -2.27. The molecule has 0 nitrogen and oxygen atoms in total. The standard InChI is InChI=1S/C17H30.C9H13Br/c1-2-3-4-5-6-7-8-9-17-14-15-10-12-16(17)13-11-15;10-6-9-5-7-1-3-8(9)4-2-7/h10,12,15-17H,2-9,11,13-14H2,1H3;1,3,7-9H,2,4-6H2. The molecule has 27 heavy (non-hydrogen) atoms. The first-order valence-corrected chi connectivity index (χ1v) is 13.3. The van der Waals surface area contributed by atoms with Gasteiger partial charge in [0.15, 0.2) is 0 Å². The molecule has 0 aromatic rings. The first-order chi connectivity index (χ1) is 13.3. The molecule has 0 aliphatic heterocycles. The highest BCUT2D eigenvalue weighted by Crippen LogP contribution is 2.42. The van der Waals surface area contributed by atoms with Crippen LogP contribution in [0.4, 0.5) is 0 Å². The molecule has 2 saturated carbocycles. The third-order valence-electron chi connectivity index (χ3n) is 7.80. The molecule has 0 aromatic carbocycles. The van der Waals surface area contributed by atoms with Crippen LogP contribution in [0.25, 0.3) is 0 Å². The van der Waals surface area contributed by atoms with E-state index in [9.17, 15) is 0 Å². The van der Waals surface area contributed by atoms with Gasteiger partial charge in [-0.15, -0.1) is 0 Å². The molecule has 6 atom stereocenters. The van der Waals surface area contributed by atoms with Gasteiger partial charge in [-0.25, -0.2) is 0 Å². The number of fused-ring (bicyclic) bond motifs is 4. The Morgan fingerprint density at radius 3 is 1.63 bits per heavy atom. The van der Waals surface area contributed by atoms with Gasteiger partial charge >= 0.3 is 0 Å². The van der Waals surface area contributed by atoms with Crippen LogP contribution in [-0.4, -0.2) is 5.33 Å². The Hall–Kier alpha value is -0.0400. The normalized spacial score (nSPS) is 35.9. The van der Waals surface area contributed by atoms with Gasteiger partial charge in [0.25, 0.3) is 0 Å². The van der Waals surface area contributed by atoms with E-state index < -0.39 is 0 Å². The Bertz CT molecular complexity index is 465. The van der Waals surface area contributed by atoms with Crippen LogP contribution in [0.3, 0.4) is 0 Å². The molecule has 2 fully saturated rings. The lowest BCUT2D eigenvalue weighted by Gasteiger charge is -2.38. The van der Waals surface area contributed by atoms with Crippen molar-refractivity contribution in [1.82, 2.24) is 0 Å². The molecule has 6 aliphatic rings. The minimum absolute atomic E-state index is 0.907. The first-order valence-electron chi connectivity index (χ1n) is 12.2. The van der Waals surface area contributed by atoms with E-state index in [0.717, 1.165) is 35.5 Å². The number of rotatable bonds is 9. The molecule has 0 heterocycles. The van der Waals surface area contributed by atoms with Gasteiger partial charge in [-0.05, 0) is 80.5 Å². The molecule has 6 unspecified atom stereocenters. The Morgan fingerprint density at radius 1 is 0.667 bits per heavy atom. The summed E-state index contributed by atoms with van der Waals surface area (Å²) in [7, 11) is 0. The summed E-state index contributed by atoms with van der Waals surface area (Å²) in [5.41, 5.74) is 0. The van der Waals surface area contributed by atoms with E-state index in [-0.39, 0.29) is 0 Å². The van der Waals surface area contributed by atoms with Crippen molar-refractivity contribution in [2.75, 3.05) is 5.33 Å². The zero-order valence-electron chi connectivity index (χ0n) is 17.8. The minimum Gasteiger partial charge on any atom is -0.0925 e. The van der Waals surface area contributed by atoms with Gasteiger partial charge in [0, 0.05) is 5.33 Å². The Labute approximate surface area is 177 Å². The predicted molar refractivity (Wildman–Crippen MR) is 123 cm³/mol. The molecule has 0 spiro atoms. The molecule has 0 aromatic heterocycles. The molecule has 0 saturated heterocycles. The number of hydrogen-bond acceptors (Lipinski definition) is 0. The van der Waals surface area contributed by atoms with E-state index in [1.165, 1.54) is 95.2 Å². The van der Waals surface area contributed by atoms with E-state index in [4.69, 9.17) is 0 Å². The summed E-state index contributed by atoms with van der Waals surface area (Å²) in [4.78, 5) is 0. The molecule has 0 radical (unpaired) electrons. The molecular weight excluding hydrogens is 392 g/mol. The number of unbranched alkanes of at least 4 members (excludes halogenated alkanes) is 6. The van der Waals surface area contributed by atoms with E-state index in [2.05, 4.69) is 47.2 Å². The van der Waals surface area contributed by atoms with Gasteiger partial charge in [0.2, 0.25) is 0 Å². The lowest BCUT2D eigenvalue weighted by molar-refractivity contribution is 0.204. The third-order valence-corrected chi connectivity index (χ3v) is 8.63. The first kappa shape index (κ1) is 21.7. The van der Waals surface area contributed by atoms with Crippen molar-refractivity contribution >= 4 is 15.9 Å². The largest absolute Gasteiger partial charge is 0.0925 e. The van der Waals surface area contributed by atoms with E-state index in [0.29, 0.717) is 0 Å². The van der Waals surface area contributed by atoms with Crippen LogP contribution in [0.5, 0.6) is 0 Å². The third kappa shape index (κ3) is 6.76. The van der Waals surface area contributed by atoms with Gasteiger partial charge in [0.05, 0.1) is 0 Å². The van der Waals surface area contributed by atoms with E-state index in [1.807, 2.05) is 0 Å². The summed E-state index contributed by atoms with van der Waals surface area (Å²) in [6, 6.07) is 0. The summed E-state index contributed by atoms with van der Waals surface area (Å²) in [6.07, 6.45) is 30.4. The van der Waals surface area contributed by atoms with Crippen molar-refractivity contribution in [3.8, 4) is 0 Å². The Balaban J connectivity index is 0.000000177. The van der Waals surface area contributed by atoms with Gasteiger partial charge in [-0.2, -0.15) is 0 Å². The number of allylic oxidation sites excluding steroid dienone is 4. The van der Waals surface area contributed by atoms with Gasteiger partial charge in [-0.3, -0.25) is 0 Å². The number of hydrogen-bond donors (Lipinski definition) is 0. The average Bonchev–Trinajstić information content (AvgIpc) is 2.75. The smallest absolute Gasteiger partial charge is 0.00655 e. The second-order valence-corrected chi connectivity index (χ2v) is 10.5. The number of alkyl halides is 1. The highest BCUT2D eigenvalue weighted by molar-refractivity contribution is 9.09. The van der Waals surface area contributed by atoms with Crippen molar-refractivity contribution in [3.63, 3.8) is 0 Å². The Morgan fingerprint density at radius 2 is 1.22 bits per heavy atom. The molecule has 0 amide bonds.